The summed E-state index contributed by atoms with van der Waals surface area (Å²) in [5.41, 5.74) is 1.05. The molecule has 2 aromatic rings. The molecule has 0 spiro atoms. The number of aromatic nitrogens is 2. The minimum absolute atomic E-state index is 0.0403. The third-order valence-electron chi connectivity index (χ3n) is 3.78. The van der Waals surface area contributed by atoms with Crippen LogP contribution in [0.3, 0.4) is 0 Å². The zero-order chi connectivity index (χ0) is 17.1. The highest BCUT2D eigenvalue weighted by Gasteiger charge is 2.32. The van der Waals surface area contributed by atoms with Gasteiger partial charge < -0.3 is 0 Å². The van der Waals surface area contributed by atoms with Crippen LogP contribution in [0.1, 0.15) is 13.3 Å². The first kappa shape index (κ1) is 16.4. The fourth-order valence-corrected chi connectivity index (χ4v) is 3.36. The van der Waals surface area contributed by atoms with E-state index in [0.29, 0.717) is 24.4 Å². The molecule has 1 amide bonds. The van der Waals surface area contributed by atoms with E-state index in [9.17, 15) is 14.4 Å². The summed E-state index contributed by atoms with van der Waals surface area (Å²) in [6.07, 6.45) is 0.361. The minimum Gasteiger partial charge on any atom is -0.292 e. The van der Waals surface area contributed by atoms with Gasteiger partial charge in [-0.3, -0.25) is 24.3 Å². The van der Waals surface area contributed by atoms with E-state index >= 15 is 0 Å². The Kier molecular flexibility index (Phi) is 4.80. The van der Waals surface area contributed by atoms with Gasteiger partial charge in [0, 0.05) is 37.3 Å². The van der Waals surface area contributed by atoms with Crippen LogP contribution < -0.4 is 10.5 Å². The van der Waals surface area contributed by atoms with Gasteiger partial charge in [0.15, 0.2) is 5.12 Å². The van der Waals surface area contributed by atoms with Crippen molar-refractivity contribution in [1.29, 1.82) is 0 Å². The lowest BCUT2D eigenvalue weighted by Gasteiger charge is -2.15. The number of carbonyl (C=O) groups excluding carboxylic acids is 2. The molecular formula is C17H17N3O3S. The fraction of sp³-hybridized carbons (Fsp3) is 0.294. The maximum Gasteiger partial charge on any atom is 0.252 e. The number of H-pyrrole nitrogens is 1. The SMILES string of the molecule is CC(=O)SCC1CC(=O)N(c2nc(-c3ccccc3)cc(=O)[nH]2)C1. The Morgan fingerprint density at radius 1 is 1.33 bits per heavy atom. The van der Waals surface area contributed by atoms with Crippen molar-refractivity contribution in [3.8, 4) is 11.3 Å². The van der Waals surface area contributed by atoms with E-state index < -0.39 is 0 Å². The van der Waals surface area contributed by atoms with Crippen LogP contribution in [0.5, 0.6) is 0 Å². The molecule has 24 heavy (non-hydrogen) atoms. The molecule has 1 N–H and O–H groups in total. The van der Waals surface area contributed by atoms with Gasteiger partial charge in [-0.15, -0.1) is 0 Å². The molecule has 1 saturated heterocycles. The standard InChI is InChI=1S/C17H17N3O3S/c1-11(21)24-10-12-7-16(23)20(9-12)17-18-14(8-15(22)19-17)13-5-3-2-4-6-13/h2-6,8,12H,7,9-10H2,1H3,(H,18,19,22). The summed E-state index contributed by atoms with van der Waals surface area (Å²) in [7, 11) is 0. The largest absolute Gasteiger partial charge is 0.292 e. The zero-order valence-corrected chi connectivity index (χ0v) is 14.0. The highest BCUT2D eigenvalue weighted by atomic mass is 32.2. The number of anilines is 1. The Morgan fingerprint density at radius 3 is 2.79 bits per heavy atom. The van der Waals surface area contributed by atoms with E-state index in [1.54, 1.807) is 0 Å². The molecule has 124 valence electrons. The predicted molar refractivity (Wildman–Crippen MR) is 93.9 cm³/mol. The van der Waals surface area contributed by atoms with Crippen LogP contribution in [-0.4, -0.2) is 33.3 Å². The highest BCUT2D eigenvalue weighted by molar-refractivity contribution is 8.13. The number of aromatic amines is 1. The van der Waals surface area contributed by atoms with E-state index in [2.05, 4.69) is 9.97 Å². The Labute approximate surface area is 143 Å². The molecule has 0 radical (unpaired) electrons. The molecule has 3 rings (SSSR count). The van der Waals surface area contributed by atoms with Crippen LogP contribution in [0.4, 0.5) is 5.95 Å². The second-order valence-electron chi connectivity index (χ2n) is 5.70. The topological polar surface area (TPSA) is 83.1 Å². The third kappa shape index (κ3) is 3.73. The summed E-state index contributed by atoms with van der Waals surface area (Å²) < 4.78 is 0. The van der Waals surface area contributed by atoms with Crippen LogP contribution in [0, 0.1) is 5.92 Å². The van der Waals surface area contributed by atoms with Crippen molar-refractivity contribution < 1.29 is 9.59 Å². The van der Waals surface area contributed by atoms with Crippen molar-refractivity contribution in [1.82, 2.24) is 9.97 Å². The maximum atomic E-state index is 12.3. The second kappa shape index (κ2) is 7.00. The minimum atomic E-state index is -0.298. The van der Waals surface area contributed by atoms with Crippen LogP contribution in [0.15, 0.2) is 41.2 Å². The van der Waals surface area contributed by atoms with Crippen molar-refractivity contribution in [3.05, 3.63) is 46.8 Å². The smallest absolute Gasteiger partial charge is 0.252 e. The van der Waals surface area contributed by atoms with Crippen LogP contribution in [0.2, 0.25) is 0 Å². The molecule has 1 fully saturated rings. The Hall–Kier alpha value is -2.41. The number of amides is 1. The number of rotatable bonds is 4. The molecule has 1 atom stereocenters. The average Bonchev–Trinajstić information content (AvgIpc) is 2.94. The van der Waals surface area contributed by atoms with Gasteiger partial charge in [-0.2, -0.15) is 0 Å². The molecule has 7 heteroatoms. The van der Waals surface area contributed by atoms with E-state index in [0.717, 1.165) is 5.56 Å². The first-order valence-electron chi connectivity index (χ1n) is 7.63. The van der Waals surface area contributed by atoms with E-state index in [1.807, 2.05) is 30.3 Å². The Morgan fingerprint density at radius 2 is 2.08 bits per heavy atom. The lowest BCUT2D eigenvalue weighted by atomic mass is 10.1. The van der Waals surface area contributed by atoms with Gasteiger partial charge in [0.05, 0.1) is 5.69 Å². The van der Waals surface area contributed by atoms with Crippen LogP contribution >= 0.6 is 11.8 Å². The zero-order valence-electron chi connectivity index (χ0n) is 13.2. The number of benzene rings is 1. The van der Waals surface area contributed by atoms with Gasteiger partial charge in [-0.05, 0) is 5.92 Å². The second-order valence-corrected chi connectivity index (χ2v) is 6.89. The summed E-state index contributed by atoms with van der Waals surface area (Å²) in [5, 5.41) is 0.0403. The molecule has 1 aromatic heterocycles. The first-order chi connectivity index (χ1) is 11.5. The molecule has 1 aliphatic heterocycles. The normalized spacial score (nSPS) is 17.3. The first-order valence-corrected chi connectivity index (χ1v) is 8.62. The molecule has 0 aliphatic carbocycles. The number of hydrogen-bond acceptors (Lipinski definition) is 5. The third-order valence-corrected chi connectivity index (χ3v) is 4.83. The maximum absolute atomic E-state index is 12.3. The molecule has 1 unspecified atom stereocenters. The van der Waals surface area contributed by atoms with E-state index in [1.165, 1.54) is 29.7 Å². The quantitative estimate of drug-likeness (QED) is 0.919. The van der Waals surface area contributed by atoms with Crippen molar-refractivity contribution in [2.45, 2.75) is 13.3 Å². The predicted octanol–water partition coefficient (Wildman–Crippen LogP) is 2.07. The van der Waals surface area contributed by atoms with Crippen molar-refractivity contribution in [2.75, 3.05) is 17.2 Å². The van der Waals surface area contributed by atoms with Gasteiger partial charge in [-0.1, -0.05) is 42.1 Å². The van der Waals surface area contributed by atoms with Crippen molar-refractivity contribution in [3.63, 3.8) is 0 Å². The summed E-state index contributed by atoms with van der Waals surface area (Å²) in [6, 6.07) is 10.8. The van der Waals surface area contributed by atoms with Gasteiger partial charge in [0.2, 0.25) is 11.9 Å². The lowest BCUT2D eigenvalue weighted by Crippen LogP contribution is -2.29. The molecule has 2 heterocycles. The van der Waals surface area contributed by atoms with Crippen LogP contribution in [-0.2, 0) is 9.59 Å². The van der Waals surface area contributed by atoms with E-state index in [4.69, 9.17) is 0 Å². The number of thioether (sulfide) groups is 1. The summed E-state index contributed by atoms with van der Waals surface area (Å²) in [4.78, 5) is 43.9. The number of nitrogens with zero attached hydrogens (tertiary/aromatic N) is 2. The Balaban J connectivity index is 1.84. The average molecular weight is 343 g/mol. The summed E-state index contributed by atoms with van der Waals surface area (Å²) in [6.45, 7) is 1.97. The number of carbonyl (C=O) groups is 2. The van der Waals surface area contributed by atoms with Gasteiger partial charge in [-0.25, -0.2) is 4.98 Å². The van der Waals surface area contributed by atoms with Crippen molar-refractivity contribution in [2.24, 2.45) is 5.92 Å². The highest BCUT2D eigenvalue weighted by Crippen LogP contribution is 2.26. The van der Waals surface area contributed by atoms with Crippen LogP contribution in [0.25, 0.3) is 11.3 Å². The van der Waals surface area contributed by atoms with Gasteiger partial charge in [0.1, 0.15) is 0 Å². The summed E-state index contributed by atoms with van der Waals surface area (Å²) >= 11 is 1.22. The molecule has 6 nitrogen and oxygen atoms in total. The van der Waals surface area contributed by atoms with Gasteiger partial charge in [0.25, 0.3) is 5.56 Å². The summed E-state index contributed by atoms with van der Waals surface area (Å²) in [5.74, 6) is 0.858. The van der Waals surface area contributed by atoms with Gasteiger partial charge >= 0.3 is 0 Å². The molecule has 1 aromatic carbocycles. The lowest BCUT2D eigenvalue weighted by molar-refractivity contribution is -0.117. The molecule has 1 aliphatic rings. The van der Waals surface area contributed by atoms with E-state index in [-0.39, 0.29) is 28.4 Å². The molecular weight excluding hydrogens is 326 g/mol. The monoisotopic (exact) mass is 343 g/mol. The number of nitrogens with one attached hydrogen (secondary N) is 1. The Bertz CT molecular complexity index is 819. The molecule has 0 saturated carbocycles. The molecule has 0 bridgehead atoms. The number of hydrogen-bond donors (Lipinski definition) is 1. The van der Waals surface area contributed by atoms with Crippen molar-refractivity contribution >= 4 is 28.7 Å². The fourth-order valence-electron chi connectivity index (χ4n) is 2.66.